The highest BCUT2D eigenvalue weighted by Crippen LogP contribution is 2.35. The molecule has 0 bridgehead atoms. The van der Waals surface area contributed by atoms with E-state index in [-0.39, 0.29) is 0 Å². The second-order valence-electron chi connectivity index (χ2n) is 5.90. The van der Waals surface area contributed by atoms with E-state index in [0.717, 1.165) is 0 Å². The van der Waals surface area contributed by atoms with Crippen molar-refractivity contribution in [2.45, 2.75) is 20.8 Å². The molecule has 0 spiro atoms. The SMILES string of the molecule is Cc1cc(C)c(-c2scc[n+]2C)c(C)c1-c1cccc[n+]1C. The molecule has 0 unspecified atom stereocenters. The van der Waals surface area contributed by atoms with Gasteiger partial charge in [-0.3, -0.25) is 0 Å². The second-order valence-corrected chi connectivity index (χ2v) is 6.80. The first-order valence-corrected chi connectivity index (χ1v) is 8.38. The Morgan fingerprint density at radius 3 is 2.23 bits per heavy atom. The highest BCUT2D eigenvalue weighted by atomic mass is 32.1. The van der Waals surface area contributed by atoms with Crippen molar-refractivity contribution in [2.75, 3.05) is 0 Å². The van der Waals surface area contributed by atoms with Gasteiger partial charge in [-0.15, -0.1) is 0 Å². The summed E-state index contributed by atoms with van der Waals surface area (Å²) >= 11 is 1.80. The number of rotatable bonds is 2. The summed E-state index contributed by atoms with van der Waals surface area (Å²) in [5, 5.41) is 3.46. The number of pyridine rings is 1. The van der Waals surface area contributed by atoms with Gasteiger partial charge in [0.2, 0.25) is 5.69 Å². The molecule has 0 aliphatic rings. The van der Waals surface area contributed by atoms with Crippen LogP contribution >= 0.6 is 11.3 Å². The van der Waals surface area contributed by atoms with Gasteiger partial charge in [0.25, 0.3) is 5.01 Å². The first kappa shape index (κ1) is 14.9. The van der Waals surface area contributed by atoms with Crippen molar-refractivity contribution in [3.63, 3.8) is 0 Å². The Balaban J connectivity index is 2.34. The molecule has 0 amide bonds. The van der Waals surface area contributed by atoms with Gasteiger partial charge >= 0.3 is 0 Å². The smallest absolute Gasteiger partial charge is 0.201 e. The van der Waals surface area contributed by atoms with E-state index in [2.05, 4.69) is 86.0 Å². The second kappa shape index (κ2) is 5.65. The first-order valence-electron chi connectivity index (χ1n) is 7.50. The van der Waals surface area contributed by atoms with Gasteiger partial charge in [-0.25, -0.2) is 4.57 Å². The lowest BCUT2D eigenvalue weighted by atomic mass is 9.91. The molecule has 22 heavy (non-hydrogen) atoms. The molecular weight excluding hydrogens is 288 g/mol. The van der Waals surface area contributed by atoms with Gasteiger partial charge in [0.05, 0.1) is 16.5 Å². The molecular formula is C19H22N2S+2. The fourth-order valence-corrected chi connectivity index (χ4v) is 4.30. The number of hydrogen-bond acceptors (Lipinski definition) is 1. The molecule has 112 valence electrons. The normalized spacial score (nSPS) is 11.0. The fourth-order valence-electron chi connectivity index (χ4n) is 3.26. The Kier molecular flexibility index (Phi) is 3.83. The van der Waals surface area contributed by atoms with Crippen LogP contribution in [0.1, 0.15) is 16.7 Å². The van der Waals surface area contributed by atoms with E-state index in [4.69, 9.17) is 0 Å². The van der Waals surface area contributed by atoms with Crippen LogP contribution in [0, 0.1) is 20.8 Å². The Labute approximate surface area is 136 Å². The van der Waals surface area contributed by atoms with E-state index < -0.39 is 0 Å². The summed E-state index contributed by atoms with van der Waals surface area (Å²) in [7, 11) is 4.23. The topological polar surface area (TPSA) is 7.76 Å². The maximum absolute atomic E-state index is 2.31. The number of aryl methyl sites for hydroxylation is 4. The summed E-state index contributed by atoms with van der Waals surface area (Å²) in [6.07, 6.45) is 4.24. The zero-order chi connectivity index (χ0) is 15.9. The lowest BCUT2D eigenvalue weighted by Gasteiger charge is -2.13. The Morgan fingerprint density at radius 2 is 1.59 bits per heavy atom. The van der Waals surface area contributed by atoms with E-state index >= 15 is 0 Å². The molecule has 2 aromatic heterocycles. The van der Waals surface area contributed by atoms with E-state index in [9.17, 15) is 0 Å². The maximum Gasteiger partial charge on any atom is 0.269 e. The zero-order valence-corrected chi connectivity index (χ0v) is 14.7. The van der Waals surface area contributed by atoms with Crippen molar-refractivity contribution >= 4 is 11.3 Å². The van der Waals surface area contributed by atoms with Crippen molar-refractivity contribution < 1.29 is 9.13 Å². The molecule has 0 saturated heterocycles. The molecule has 3 rings (SSSR count). The molecule has 1 aromatic carbocycles. The van der Waals surface area contributed by atoms with E-state index in [0.29, 0.717) is 0 Å². The minimum Gasteiger partial charge on any atom is -0.201 e. The minimum atomic E-state index is 1.26. The third-order valence-corrected chi connectivity index (χ3v) is 5.25. The quantitative estimate of drug-likeness (QED) is 0.638. The molecule has 2 heterocycles. The summed E-state index contributed by atoms with van der Waals surface area (Å²) in [5.41, 5.74) is 8.00. The third-order valence-electron chi connectivity index (χ3n) is 4.28. The van der Waals surface area contributed by atoms with Crippen LogP contribution in [-0.4, -0.2) is 0 Å². The van der Waals surface area contributed by atoms with Gasteiger partial charge in [-0.05, 0) is 43.5 Å². The Bertz CT molecular complexity index is 847. The lowest BCUT2D eigenvalue weighted by Crippen LogP contribution is -2.31. The monoisotopic (exact) mass is 310 g/mol. The van der Waals surface area contributed by atoms with Crippen LogP contribution in [0.5, 0.6) is 0 Å². The summed E-state index contributed by atoms with van der Waals surface area (Å²) in [4.78, 5) is 0. The van der Waals surface area contributed by atoms with E-state index in [1.54, 1.807) is 11.3 Å². The molecule has 0 aliphatic carbocycles. The average molecular weight is 310 g/mol. The Hall–Kier alpha value is -2.00. The van der Waals surface area contributed by atoms with Crippen molar-refractivity contribution in [2.24, 2.45) is 14.1 Å². The number of hydrogen-bond donors (Lipinski definition) is 0. The zero-order valence-electron chi connectivity index (χ0n) is 13.8. The number of aromatic nitrogens is 2. The molecule has 0 radical (unpaired) electrons. The molecule has 0 aliphatic heterocycles. The molecule has 3 heteroatoms. The van der Waals surface area contributed by atoms with Crippen LogP contribution in [0.3, 0.4) is 0 Å². The van der Waals surface area contributed by atoms with Crippen molar-refractivity contribution in [1.82, 2.24) is 0 Å². The van der Waals surface area contributed by atoms with Crippen molar-refractivity contribution in [1.29, 1.82) is 0 Å². The van der Waals surface area contributed by atoms with E-state index in [1.807, 2.05) is 0 Å². The van der Waals surface area contributed by atoms with Crippen LogP contribution in [0.2, 0.25) is 0 Å². The van der Waals surface area contributed by atoms with Crippen LogP contribution < -0.4 is 9.13 Å². The van der Waals surface area contributed by atoms with Gasteiger partial charge in [0.15, 0.2) is 12.4 Å². The minimum absolute atomic E-state index is 1.26. The Morgan fingerprint density at radius 1 is 0.864 bits per heavy atom. The van der Waals surface area contributed by atoms with Crippen molar-refractivity contribution in [3.05, 3.63) is 58.7 Å². The number of thiazole rings is 1. The highest BCUT2D eigenvalue weighted by Gasteiger charge is 2.23. The fraction of sp³-hybridized carbons (Fsp3) is 0.263. The van der Waals surface area contributed by atoms with Gasteiger partial charge in [0, 0.05) is 12.1 Å². The molecule has 3 aromatic rings. The summed E-state index contributed by atoms with van der Waals surface area (Å²) in [5.74, 6) is 0. The predicted molar refractivity (Wildman–Crippen MR) is 91.8 cm³/mol. The standard InChI is InChI=1S/C19H22N2S/c1-13-12-14(2)18(19-21(5)10-11-22-19)15(3)17(13)16-8-6-7-9-20(16)4/h6-12H,1-5H3/q+2. The van der Waals surface area contributed by atoms with Gasteiger partial charge in [-0.2, -0.15) is 4.57 Å². The molecule has 0 saturated carbocycles. The third kappa shape index (κ3) is 2.35. The lowest BCUT2D eigenvalue weighted by molar-refractivity contribution is -0.660. The summed E-state index contributed by atoms with van der Waals surface area (Å²) in [6, 6.07) is 8.69. The maximum atomic E-state index is 2.31. The van der Waals surface area contributed by atoms with Gasteiger partial charge < -0.3 is 0 Å². The van der Waals surface area contributed by atoms with Crippen molar-refractivity contribution in [3.8, 4) is 21.8 Å². The average Bonchev–Trinajstić information content (AvgIpc) is 2.87. The number of nitrogens with zero attached hydrogens (tertiary/aromatic N) is 2. The highest BCUT2D eigenvalue weighted by molar-refractivity contribution is 7.12. The first-order chi connectivity index (χ1) is 10.5. The van der Waals surface area contributed by atoms with E-state index in [1.165, 1.54) is 38.5 Å². The molecule has 0 N–H and O–H groups in total. The predicted octanol–water partition coefficient (Wildman–Crippen LogP) is 3.66. The number of benzene rings is 1. The van der Waals surface area contributed by atoms with Crippen LogP contribution in [-0.2, 0) is 14.1 Å². The largest absolute Gasteiger partial charge is 0.269 e. The molecule has 2 nitrogen and oxygen atoms in total. The van der Waals surface area contributed by atoms with Gasteiger partial charge in [0.1, 0.15) is 14.1 Å². The van der Waals surface area contributed by atoms with Crippen LogP contribution in [0.4, 0.5) is 0 Å². The summed E-state index contributed by atoms with van der Waals surface area (Å²) < 4.78 is 4.41. The van der Waals surface area contributed by atoms with Gasteiger partial charge in [-0.1, -0.05) is 17.4 Å². The molecule has 0 fully saturated rings. The van der Waals surface area contributed by atoms with Crippen LogP contribution in [0.25, 0.3) is 21.8 Å². The van der Waals surface area contributed by atoms with Crippen LogP contribution in [0.15, 0.2) is 42.0 Å². The molecule has 0 atom stereocenters. The summed E-state index contributed by atoms with van der Waals surface area (Å²) in [6.45, 7) is 6.67.